The van der Waals surface area contributed by atoms with E-state index in [-0.39, 0.29) is 0 Å². The molecule has 0 N–H and O–H groups in total. The second-order valence-electron chi connectivity index (χ2n) is 3.61. The van der Waals surface area contributed by atoms with Crippen LogP contribution in [0.5, 0.6) is 0 Å². The molecule has 0 unspecified atom stereocenters. The van der Waals surface area contributed by atoms with Gasteiger partial charge in [0, 0.05) is 8.07 Å². The minimum Gasteiger partial charge on any atom is -0.438 e. The second-order valence-corrected chi connectivity index (χ2v) is 9.23. The van der Waals surface area contributed by atoms with Crippen LogP contribution in [0.3, 0.4) is 0 Å². The van der Waals surface area contributed by atoms with Gasteiger partial charge in [-0.1, -0.05) is 19.6 Å². The molecule has 3 nitrogen and oxygen atoms in total. The average molecular weight is 176 g/mol. The largest absolute Gasteiger partial charge is 0.507 e. The predicted molar refractivity (Wildman–Crippen MR) is 46.5 cm³/mol. The maximum Gasteiger partial charge on any atom is 0.507 e. The highest BCUT2D eigenvalue weighted by atomic mass is 28.3. The van der Waals surface area contributed by atoms with Crippen LogP contribution in [0.15, 0.2) is 0 Å². The molecule has 0 spiro atoms. The third kappa shape index (κ3) is 7.38. The maximum absolute atomic E-state index is 10.5. The Hall–Kier alpha value is -0.513. The van der Waals surface area contributed by atoms with E-state index >= 15 is 0 Å². The van der Waals surface area contributed by atoms with Crippen molar-refractivity contribution in [2.24, 2.45) is 0 Å². The van der Waals surface area contributed by atoms with Gasteiger partial charge in [-0.15, -0.1) is 0 Å². The van der Waals surface area contributed by atoms with Crippen molar-refractivity contribution >= 4 is 14.2 Å². The Bertz CT molecular complexity index is 128. The monoisotopic (exact) mass is 176 g/mol. The van der Waals surface area contributed by atoms with Gasteiger partial charge in [0.1, 0.15) is 0 Å². The zero-order valence-electron chi connectivity index (χ0n) is 7.64. The normalized spacial score (nSPS) is 10.9. The smallest absolute Gasteiger partial charge is 0.438 e. The molecular weight excluding hydrogens is 160 g/mol. The van der Waals surface area contributed by atoms with E-state index in [1.54, 1.807) is 0 Å². The van der Waals surface area contributed by atoms with E-state index in [1.807, 2.05) is 0 Å². The molecule has 0 aliphatic rings. The third-order valence-corrected chi connectivity index (χ3v) is 2.94. The molecule has 0 saturated heterocycles. The van der Waals surface area contributed by atoms with Gasteiger partial charge in [0.05, 0.1) is 13.7 Å². The predicted octanol–water partition coefficient (Wildman–Crippen LogP) is 2.11. The molecular formula is C7H16O3Si. The number of methoxy groups -OCH3 is 1. The van der Waals surface area contributed by atoms with Crippen LogP contribution in [-0.2, 0) is 9.47 Å². The fraction of sp³-hybridized carbons (Fsp3) is 0.857. The Balaban J connectivity index is 3.35. The topological polar surface area (TPSA) is 35.5 Å². The standard InChI is InChI=1S/C7H16O3Si/c1-9-7(8)10-5-6-11(2,3)4/h5-6H2,1-4H3. The van der Waals surface area contributed by atoms with Gasteiger partial charge in [-0.05, 0) is 6.04 Å². The van der Waals surface area contributed by atoms with Gasteiger partial charge in [0.15, 0.2) is 0 Å². The molecule has 0 aliphatic heterocycles. The molecule has 66 valence electrons. The molecule has 0 fully saturated rings. The summed E-state index contributed by atoms with van der Waals surface area (Å²) in [5, 5.41) is 0. The molecule has 0 aromatic rings. The van der Waals surface area contributed by atoms with Crippen molar-refractivity contribution < 1.29 is 14.3 Å². The van der Waals surface area contributed by atoms with Crippen molar-refractivity contribution in [2.45, 2.75) is 25.7 Å². The highest BCUT2D eigenvalue weighted by Crippen LogP contribution is 2.07. The zero-order valence-corrected chi connectivity index (χ0v) is 8.64. The SMILES string of the molecule is COC(=O)OCC[Si](C)(C)C. The van der Waals surface area contributed by atoms with E-state index < -0.39 is 14.2 Å². The minimum atomic E-state index is -1.07. The molecule has 0 aromatic heterocycles. The summed E-state index contributed by atoms with van der Waals surface area (Å²) in [5.41, 5.74) is 0. The molecule has 0 rings (SSSR count). The average Bonchev–Trinajstić information content (AvgIpc) is 1.85. The molecule has 0 saturated carbocycles. The summed E-state index contributed by atoms with van der Waals surface area (Å²) in [7, 11) is 0.247. The molecule has 0 atom stereocenters. The number of ether oxygens (including phenoxy) is 2. The number of hydrogen-bond acceptors (Lipinski definition) is 3. The van der Waals surface area contributed by atoms with Gasteiger partial charge >= 0.3 is 6.16 Å². The van der Waals surface area contributed by atoms with Crippen LogP contribution in [0, 0.1) is 0 Å². The van der Waals surface area contributed by atoms with Crippen LogP contribution in [0.4, 0.5) is 4.79 Å². The first kappa shape index (κ1) is 10.5. The van der Waals surface area contributed by atoms with Crippen molar-refractivity contribution in [3.05, 3.63) is 0 Å². The summed E-state index contributed by atoms with van der Waals surface area (Å²) < 4.78 is 9.06. The van der Waals surface area contributed by atoms with Crippen LogP contribution in [0.25, 0.3) is 0 Å². The van der Waals surface area contributed by atoms with E-state index in [0.29, 0.717) is 6.61 Å². The Morgan fingerprint density at radius 1 is 1.36 bits per heavy atom. The van der Waals surface area contributed by atoms with Crippen molar-refractivity contribution in [3.8, 4) is 0 Å². The second kappa shape index (κ2) is 4.38. The van der Waals surface area contributed by atoms with E-state index in [2.05, 4.69) is 24.4 Å². The van der Waals surface area contributed by atoms with E-state index in [0.717, 1.165) is 6.04 Å². The molecule has 0 aliphatic carbocycles. The summed E-state index contributed by atoms with van der Waals surface area (Å²) in [6.07, 6.45) is -0.580. The van der Waals surface area contributed by atoms with E-state index in [9.17, 15) is 4.79 Å². The molecule has 4 heteroatoms. The van der Waals surface area contributed by atoms with Crippen molar-refractivity contribution in [1.29, 1.82) is 0 Å². The Morgan fingerprint density at radius 3 is 2.27 bits per heavy atom. The highest BCUT2D eigenvalue weighted by Gasteiger charge is 2.13. The summed E-state index contributed by atoms with van der Waals surface area (Å²) >= 11 is 0. The Kier molecular flexibility index (Phi) is 4.18. The first-order valence-electron chi connectivity index (χ1n) is 3.66. The Labute approximate surface area is 68.7 Å². The van der Waals surface area contributed by atoms with Crippen molar-refractivity contribution in [1.82, 2.24) is 0 Å². The summed E-state index contributed by atoms with van der Waals surface area (Å²) in [5.74, 6) is 0. The third-order valence-electron chi connectivity index (χ3n) is 1.24. The Morgan fingerprint density at radius 2 is 1.91 bits per heavy atom. The van der Waals surface area contributed by atoms with E-state index in [1.165, 1.54) is 7.11 Å². The molecule has 0 heterocycles. The molecule has 0 amide bonds. The fourth-order valence-corrected chi connectivity index (χ4v) is 1.21. The molecule has 0 bridgehead atoms. The first-order valence-corrected chi connectivity index (χ1v) is 7.37. The van der Waals surface area contributed by atoms with Crippen LogP contribution >= 0.6 is 0 Å². The number of hydrogen-bond donors (Lipinski definition) is 0. The van der Waals surface area contributed by atoms with Gasteiger partial charge in [0.25, 0.3) is 0 Å². The number of carbonyl (C=O) groups excluding carboxylic acids is 1. The van der Waals surface area contributed by atoms with Gasteiger partial charge in [-0.2, -0.15) is 0 Å². The van der Waals surface area contributed by atoms with E-state index in [4.69, 9.17) is 4.74 Å². The van der Waals surface area contributed by atoms with Gasteiger partial charge in [0.2, 0.25) is 0 Å². The summed E-state index contributed by atoms with van der Waals surface area (Å²) in [6.45, 7) is 7.18. The van der Waals surface area contributed by atoms with Crippen LogP contribution in [0.1, 0.15) is 0 Å². The quantitative estimate of drug-likeness (QED) is 0.488. The summed E-state index contributed by atoms with van der Waals surface area (Å²) in [4.78, 5) is 10.5. The van der Waals surface area contributed by atoms with Crippen LogP contribution < -0.4 is 0 Å². The van der Waals surface area contributed by atoms with Crippen molar-refractivity contribution in [2.75, 3.05) is 13.7 Å². The molecule has 0 aromatic carbocycles. The lowest BCUT2D eigenvalue weighted by Crippen LogP contribution is -2.22. The van der Waals surface area contributed by atoms with Crippen molar-refractivity contribution in [3.63, 3.8) is 0 Å². The minimum absolute atomic E-state index is 0.488. The lowest BCUT2D eigenvalue weighted by atomic mass is 10.8. The lowest BCUT2D eigenvalue weighted by Gasteiger charge is -2.14. The van der Waals surface area contributed by atoms with Gasteiger partial charge < -0.3 is 9.47 Å². The fourth-order valence-electron chi connectivity index (χ4n) is 0.499. The lowest BCUT2D eigenvalue weighted by molar-refractivity contribution is 0.0768. The van der Waals surface area contributed by atoms with Crippen LogP contribution in [0.2, 0.25) is 25.7 Å². The maximum atomic E-state index is 10.5. The van der Waals surface area contributed by atoms with Gasteiger partial charge in [-0.3, -0.25) is 0 Å². The summed E-state index contributed by atoms with van der Waals surface area (Å²) in [6, 6.07) is 0.988. The first-order chi connectivity index (χ1) is 4.95. The number of rotatable bonds is 3. The highest BCUT2D eigenvalue weighted by molar-refractivity contribution is 6.76. The number of carbonyl (C=O) groups is 1. The zero-order chi connectivity index (χ0) is 8.91. The van der Waals surface area contributed by atoms with Gasteiger partial charge in [-0.25, -0.2) is 4.79 Å². The molecule has 0 radical (unpaired) electrons. The molecule has 11 heavy (non-hydrogen) atoms. The van der Waals surface area contributed by atoms with Crippen LogP contribution in [-0.4, -0.2) is 27.9 Å².